The molecule has 0 unspecified atom stereocenters. The molecule has 2 aromatic rings. The highest BCUT2D eigenvalue weighted by molar-refractivity contribution is 5.85. The molecule has 0 aliphatic heterocycles. The van der Waals surface area contributed by atoms with Crippen molar-refractivity contribution in [3.05, 3.63) is 40.1 Å². The van der Waals surface area contributed by atoms with Gasteiger partial charge in [0.15, 0.2) is 0 Å². The topological polar surface area (TPSA) is 85.0 Å². The number of nitrogens with zero attached hydrogens (tertiary/aromatic N) is 1. The summed E-state index contributed by atoms with van der Waals surface area (Å²) in [5.41, 5.74) is 7.80. The monoisotopic (exact) mass is 219 g/mol. The lowest BCUT2D eigenvalue weighted by Gasteiger charge is -2.06. The molecule has 0 bridgehead atoms. The smallest absolute Gasteiger partial charge is 0.271 e. The molecule has 16 heavy (non-hydrogen) atoms. The SMILES string of the molecule is CC[C@H](N)c1c[nH]c2cc([N+](=O)[O-])ccc12. The number of fused-ring (bicyclic) bond motifs is 1. The summed E-state index contributed by atoms with van der Waals surface area (Å²) in [6, 6.07) is 4.74. The first-order chi connectivity index (χ1) is 7.63. The summed E-state index contributed by atoms with van der Waals surface area (Å²) in [6.07, 6.45) is 2.66. The molecule has 0 saturated heterocycles. The molecule has 0 aliphatic carbocycles. The summed E-state index contributed by atoms with van der Waals surface area (Å²) >= 11 is 0. The fraction of sp³-hybridized carbons (Fsp3) is 0.273. The number of rotatable bonds is 3. The first-order valence-electron chi connectivity index (χ1n) is 5.14. The van der Waals surface area contributed by atoms with E-state index >= 15 is 0 Å². The summed E-state index contributed by atoms with van der Waals surface area (Å²) in [7, 11) is 0. The number of aromatic amines is 1. The molecule has 5 nitrogen and oxygen atoms in total. The van der Waals surface area contributed by atoms with Crippen molar-refractivity contribution in [1.29, 1.82) is 0 Å². The van der Waals surface area contributed by atoms with Gasteiger partial charge in [0.2, 0.25) is 0 Å². The molecular weight excluding hydrogens is 206 g/mol. The third kappa shape index (κ3) is 1.65. The second kappa shape index (κ2) is 3.94. The molecule has 0 radical (unpaired) electrons. The minimum atomic E-state index is -0.403. The van der Waals surface area contributed by atoms with Gasteiger partial charge in [-0.25, -0.2) is 0 Å². The highest BCUT2D eigenvalue weighted by Gasteiger charge is 2.13. The number of non-ortho nitro benzene ring substituents is 1. The third-order valence-electron chi connectivity index (χ3n) is 2.75. The zero-order valence-electron chi connectivity index (χ0n) is 8.93. The maximum absolute atomic E-state index is 10.6. The second-order valence-corrected chi connectivity index (χ2v) is 3.75. The fourth-order valence-corrected chi connectivity index (χ4v) is 1.78. The van der Waals surface area contributed by atoms with Crippen LogP contribution in [0.2, 0.25) is 0 Å². The summed E-state index contributed by atoms with van der Waals surface area (Å²) in [5.74, 6) is 0. The fourth-order valence-electron chi connectivity index (χ4n) is 1.78. The van der Waals surface area contributed by atoms with Gasteiger partial charge >= 0.3 is 0 Å². The van der Waals surface area contributed by atoms with E-state index in [0.29, 0.717) is 0 Å². The quantitative estimate of drug-likeness (QED) is 0.614. The van der Waals surface area contributed by atoms with Crippen LogP contribution < -0.4 is 5.73 Å². The van der Waals surface area contributed by atoms with Gasteiger partial charge < -0.3 is 10.7 Å². The number of aromatic nitrogens is 1. The van der Waals surface area contributed by atoms with Crippen molar-refractivity contribution in [2.24, 2.45) is 5.73 Å². The molecule has 1 aromatic carbocycles. The molecule has 0 spiro atoms. The molecule has 1 heterocycles. The zero-order valence-corrected chi connectivity index (χ0v) is 8.93. The van der Waals surface area contributed by atoms with Crippen LogP contribution in [0.3, 0.4) is 0 Å². The molecule has 0 fully saturated rings. The molecule has 5 heteroatoms. The van der Waals surface area contributed by atoms with Crippen molar-refractivity contribution in [1.82, 2.24) is 4.98 Å². The summed E-state index contributed by atoms with van der Waals surface area (Å²) in [5, 5.41) is 11.6. The Morgan fingerprint density at radius 2 is 2.31 bits per heavy atom. The van der Waals surface area contributed by atoms with Crippen LogP contribution in [0, 0.1) is 10.1 Å². The van der Waals surface area contributed by atoms with Gasteiger partial charge in [0, 0.05) is 29.8 Å². The molecule has 1 aromatic heterocycles. The van der Waals surface area contributed by atoms with E-state index < -0.39 is 4.92 Å². The highest BCUT2D eigenvalue weighted by Crippen LogP contribution is 2.27. The number of hydrogen-bond donors (Lipinski definition) is 2. The lowest BCUT2D eigenvalue weighted by Crippen LogP contribution is -2.07. The number of benzene rings is 1. The van der Waals surface area contributed by atoms with Crippen LogP contribution in [-0.2, 0) is 0 Å². The number of nitro benzene ring substituents is 1. The van der Waals surface area contributed by atoms with Gasteiger partial charge in [-0.3, -0.25) is 10.1 Å². The second-order valence-electron chi connectivity index (χ2n) is 3.75. The lowest BCUT2D eigenvalue weighted by atomic mass is 10.0. The molecule has 3 N–H and O–H groups in total. The first-order valence-corrected chi connectivity index (χ1v) is 5.14. The summed E-state index contributed by atoms with van der Waals surface area (Å²) < 4.78 is 0. The van der Waals surface area contributed by atoms with Crippen LogP contribution in [-0.4, -0.2) is 9.91 Å². The van der Waals surface area contributed by atoms with Crippen LogP contribution in [0.1, 0.15) is 24.9 Å². The Labute approximate surface area is 92.4 Å². The van der Waals surface area contributed by atoms with E-state index in [1.165, 1.54) is 12.1 Å². The van der Waals surface area contributed by atoms with E-state index in [1.807, 2.05) is 13.1 Å². The van der Waals surface area contributed by atoms with Gasteiger partial charge in [-0.15, -0.1) is 0 Å². The van der Waals surface area contributed by atoms with Crippen molar-refractivity contribution >= 4 is 16.6 Å². The lowest BCUT2D eigenvalue weighted by molar-refractivity contribution is -0.384. The minimum absolute atomic E-state index is 0.0322. The van der Waals surface area contributed by atoms with E-state index in [1.54, 1.807) is 6.07 Å². The van der Waals surface area contributed by atoms with E-state index in [2.05, 4.69) is 4.98 Å². The van der Waals surface area contributed by atoms with Crippen LogP contribution in [0.15, 0.2) is 24.4 Å². The average molecular weight is 219 g/mol. The molecular formula is C11H13N3O2. The standard InChI is InChI=1S/C11H13N3O2/c1-2-10(12)9-6-13-11-5-7(14(15)16)3-4-8(9)11/h3-6,10,13H,2,12H2,1H3/t10-/m0/s1. The van der Waals surface area contributed by atoms with Crippen molar-refractivity contribution in [2.75, 3.05) is 0 Å². The van der Waals surface area contributed by atoms with Crippen molar-refractivity contribution in [3.8, 4) is 0 Å². The molecule has 0 saturated carbocycles. The van der Waals surface area contributed by atoms with E-state index in [9.17, 15) is 10.1 Å². The van der Waals surface area contributed by atoms with Crippen LogP contribution in [0.5, 0.6) is 0 Å². The molecule has 84 valence electrons. The summed E-state index contributed by atoms with van der Waals surface area (Å²) in [4.78, 5) is 13.2. The maximum Gasteiger partial charge on any atom is 0.271 e. The van der Waals surface area contributed by atoms with Gasteiger partial charge in [0.25, 0.3) is 5.69 Å². The third-order valence-corrected chi connectivity index (χ3v) is 2.75. The van der Waals surface area contributed by atoms with E-state index in [4.69, 9.17) is 5.73 Å². The number of nitro groups is 1. The molecule has 0 amide bonds. The number of nitrogens with one attached hydrogen (secondary N) is 1. The largest absolute Gasteiger partial charge is 0.361 e. The highest BCUT2D eigenvalue weighted by atomic mass is 16.6. The Morgan fingerprint density at radius 1 is 1.56 bits per heavy atom. The van der Waals surface area contributed by atoms with Crippen LogP contribution in [0.4, 0.5) is 5.69 Å². The predicted octanol–water partition coefficient (Wildman–Crippen LogP) is 2.49. The zero-order chi connectivity index (χ0) is 11.7. The van der Waals surface area contributed by atoms with E-state index in [-0.39, 0.29) is 11.7 Å². The minimum Gasteiger partial charge on any atom is -0.361 e. The van der Waals surface area contributed by atoms with Crippen LogP contribution in [0.25, 0.3) is 10.9 Å². The number of hydrogen-bond acceptors (Lipinski definition) is 3. The van der Waals surface area contributed by atoms with Gasteiger partial charge in [-0.1, -0.05) is 6.92 Å². The normalized spacial score (nSPS) is 12.9. The first kappa shape index (κ1) is 10.6. The van der Waals surface area contributed by atoms with Crippen molar-refractivity contribution in [3.63, 3.8) is 0 Å². The Balaban J connectivity index is 2.54. The van der Waals surface area contributed by atoms with Gasteiger partial charge in [0.05, 0.1) is 10.4 Å². The molecule has 0 aliphatic rings. The van der Waals surface area contributed by atoms with E-state index in [0.717, 1.165) is 22.9 Å². The number of nitrogens with two attached hydrogens (primary N) is 1. The Morgan fingerprint density at radius 3 is 2.94 bits per heavy atom. The maximum atomic E-state index is 10.6. The number of H-pyrrole nitrogens is 1. The van der Waals surface area contributed by atoms with Crippen LogP contribution >= 0.6 is 0 Å². The Hall–Kier alpha value is -1.88. The van der Waals surface area contributed by atoms with Gasteiger partial charge in [-0.2, -0.15) is 0 Å². The predicted molar refractivity (Wildman–Crippen MR) is 62.2 cm³/mol. The van der Waals surface area contributed by atoms with Crippen molar-refractivity contribution in [2.45, 2.75) is 19.4 Å². The van der Waals surface area contributed by atoms with Crippen molar-refractivity contribution < 1.29 is 4.92 Å². The van der Waals surface area contributed by atoms with Gasteiger partial charge in [0.1, 0.15) is 0 Å². The van der Waals surface area contributed by atoms with Gasteiger partial charge in [-0.05, 0) is 18.1 Å². The average Bonchev–Trinajstić information content (AvgIpc) is 2.70. The summed E-state index contributed by atoms with van der Waals surface area (Å²) in [6.45, 7) is 2.01. The Kier molecular flexibility index (Phi) is 2.62. The Bertz CT molecular complexity index is 533. The molecule has 2 rings (SSSR count). The molecule has 1 atom stereocenters.